The van der Waals surface area contributed by atoms with Crippen LogP contribution in [0.25, 0.3) is 11.3 Å². The van der Waals surface area contributed by atoms with Crippen LogP contribution in [-0.2, 0) is 7.05 Å². The Bertz CT molecular complexity index is 805. The van der Waals surface area contributed by atoms with Gasteiger partial charge in [0.15, 0.2) is 0 Å². The van der Waals surface area contributed by atoms with Gasteiger partial charge >= 0.3 is 0 Å². The number of ether oxygens (including phenoxy) is 1. The van der Waals surface area contributed by atoms with E-state index >= 15 is 0 Å². The predicted molar refractivity (Wildman–Crippen MR) is 105 cm³/mol. The minimum absolute atomic E-state index is 0.126. The van der Waals surface area contributed by atoms with Crippen molar-refractivity contribution in [3.05, 3.63) is 36.0 Å². The number of piperidine rings is 1. The lowest BCUT2D eigenvalue weighted by atomic mass is 10.0. The van der Waals surface area contributed by atoms with E-state index in [-0.39, 0.29) is 5.91 Å². The van der Waals surface area contributed by atoms with Crippen LogP contribution in [0.4, 0.5) is 0 Å². The van der Waals surface area contributed by atoms with Crippen LogP contribution in [0.1, 0.15) is 36.2 Å². The number of rotatable bonds is 4. The molecule has 4 rings (SSSR count). The Kier molecular flexibility index (Phi) is 4.69. The molecule has 2 unspecified atom stereocenters. The molecule has 2 bridgehead atoms. The molecule has 6 heteroatoms. The fourth-order valence-corrected chi connectivity index (χ4v) is 5.20. The van der Waals surface area contributed by atoms with Gasteiger partial charge in [-0.1, -0.05) is 12.1 Å². The Morgan fingerprint density at radius 3 is 2.62 bits per heavy atom. The smallest absolute Gasteiger partial charge is 0.272 e. The third-order valence-electron chi connectivity index (χ3n) is 5.72. The van der Waals surface area contributed by atoms with Gasteiger partial charge in [-0.3, -0.25) is 9.48 Å². The highest BCUT2D eigenvalue weighted by molar-refractivity contribution is 7.99. The van der Waals surface area contributed by atoms with Gasteiger partial charge in [0.1, 0.15) is 11.4 Å². The van der Waals surface area contributed by atoms with Gasteiger partial charge in [-0.25, -0.2) is 0 Å². The molecule has 2 saturated heterocycles. The van der Waals surface area contributed by atoms with Crippen LogP contribution in [-0.4, -0.2) is 51.3 Å². The largest absolute Gasteiger partial charge is 0.497 e. The van der Waals surface area contributed by atoms with Crippen molar-refractivity contribution >= 4 is 17.7 Å². The Morgan fingerprint density at radius 1 is 1.23 bits per heavy atom. The molecular weight excluding hydrogens is 346 g/mol. The van der Waals surface area contributed by atoms with Crippen LogP contribution in [0, 0.1) is 0 Å². The maximum Gasteiger partial charge on any atom is 0.272 e. The second-order valence-corrected chi connectivity index (χ2v) is 8.33. The third kappa shape index (κ3) is 3.00. The molecule has 138 valence electrons. The molecule has 0 N–H and O–H groups in total. The van der Waals surface area contributed by atoms with E-state index in [2.05, 4.69) is 16.3 Å². The van der Waals surface area contributed by atoms with Crippen molar-refractivity contribution in [2.24, 2.45) is 7.05 Å². The molecule has 26 heavy (non-hydrogen) atoms. The van der Waals surface area contributed by atoms with E-state index in [1.54, 1.807) is 11.8 Å². The number of benzene rings is 1. The molecule has 2 fully saturated rings. The number of hydrogen-bond acceptors (Lipinski definition) is 4. The van der Waals surface area contributed by atoms with Gasteiger partial charge in [-0.2, -0.15) is 16.9 Å². The molecule has 2 aliphatic heterocycles. The summed E-state index contributed by atoms with van der Waals surface area (Å²) in [4.78, 5) is 15.4. The summed E-state index contributed by atoms with van der Waals surface area (Å²) in [5.41, 5.74) is 2.44. The molecule has 1 amide bonds. The van der Waals surface area contributed by atoms with E-state index in [0.29, 0.717) is 23.0 Å². The first-order valence-corrected chi connectivity index (χ1v) is 10.4. The van der Waals surface area contributed by atoms with Gasteiger partial charge in [0, 0.05) is 29.9 Å². The van der Waals surface area contributed by atoms with Crippen molar-refractivity contribution in [2.45, 2.75) is 43.0 Å². The molecule has 5 nitrogen and oxygen atoms in total. The summed E-state index contributed by atoms with van der Waals surface area (Å²) < 4.78 is 7.02. The summed E-state index contributed by atoms with van der Waals surface area (Å²) in [6.45, 7) is 0. The first-order chi connectivity index (χ1) is 12.6. The normalized spacial score (nSPS) is 24.7. The molecule has 3 heterocycles. The van der Waals surface area contributed by atoms with Crippen LogP contribution >= 0.6 is 11.8 Å². The monoisotopic (exact) mass is 371 g/mol. The van der Waals surface area contributed by atoms with E-state index in [1.165, 1.54) is 0 Å². The van der Waals surface area contributed by atoms with E-state index in [4.69, 9.17) is 4.74 Å². The Hall–Kier alpha value is -1.95. The first kappa shape index (κ1) is 17.5. The number of carbonyl (C=O) groups is 1. The summed E-state index contributed by atoms with van der Waals surface area (Å²) in [6.07, 6.45) is 6.68. The van der Waals surface area contributed by atoms with E-state index in [9.17, 15) is 4.79 Å². The number of thioether (sulfide) groups is 1. The molecule has 1 aromatic heterocycles. The van der Waals surface area contributed by atoms with Crippen LogP contribution in [0.3, 0.4) is 0 Å². The highest BCUT2D eigenvalue weighted by Gasteiger charge is 2.43. The lowest BCUT2D eigenvalue weighted by molar-refractivity contribution is 0.0590. The summed E-state index contributed by atoms with van der Waals surface area (Å²) in [5, 5.41) is 5.27. The Labute approximate surface area is 158 Å². The van der Waals surface area contributed by atoms with Gasteiger partial charge in [0.25, 0.3) is 5.91 Å². The van der Waals surface area contributed by atoms with Crippen LogP contribution in [0.2, 0.25) is 0 Å². The van der Waals surface area contributed by atoms with Crippen molar-refractivity contribution in [1.82, 2.24) is 14.7 Å². The van der Waals surface area contributed by atoms with Crippen LogP contribution in [0.5, 0.6) is 5.75 Å². The minimum atomic E-state index is 0.126. The standard InChI is InChI=1S/C20H25N3O2S/c1-22-19(12-18(21-22)13-5-4-6-16(9-13)25-2)20(24)23-14-7-8-15(23)11-17(10-14)26-3/h4-6,9,12,14-15,17H,7-8,10-11H2,1-3H3. The average Bonchev–Trinajstić information content (AvgIpc) is 3.18. The maximum atomic E-state index is 13.3. The molecule has 1 aromatic carbocycles. The van der Waals surface area contributed by atoms with Crippen molar-refractivity contribution in [3.63, 3.8) is 0 Å². The van der Waals surface area contributed by atoms with Crippen molar-refractivity contribution in [3.8, 4) is 17.0 Å². The molecular formula is C20H25N3O2S. The molecule has 0 aliphatic carbocycles. The lowest BCUT2D eigenvalue weighted by Gasteiger charge is -2.38. The van der Waals surface area contributed by atoms with Gasteiger partial charge in [-0.05, 0) is 50.1 Å². The quantitative estimate of drug-likeness (QED) is 0.824. The summed E-state index contributed by atoms with van der Waals surface area (Å²) >= 11 is 1.94. The third-order valence-corrected chi connectivity index (χ3v) is 6.77. The number of carbonyl (C=O) groups excluding carboxylic acids is 1. The van der Waals surface area contributed by atoms with Crippen LogP contribution in [0.15, 0.2) is 30.3 Å². The van der Waals surface area contributed by atoms with E-state index < -0.39 is 0 Å². The first-order valence-electron chi connectivity index (χ1n) is 9.14. The van der Waals surface area contributed by atoms with Crippen molar-refractivity contribution in [2.75, 3.05) is 13.4 Å². The van der Waals surface area contributed by atoms with Gasteiger partial charge in [0.2, 0.25) is 0 Å². The fourth-order valence-electron chi connectivity index (χ4n) is 4.37. The highest BCUT2D eigenvalue weighted by Crippen LogP contribution is 2.40. The maximum absolute atomic E-state index is 13.3. The minimum Gasteiger partial charge on any atom is -0.497 e. The highest BCUT2D eigenvalue weighted by atomic mass is 32.2. The number of fused-ring (bicyclic) bond motifs is 2. The second kappa shape index (κ2) is 6.99. The Balaban J connectivity index is 1.61. The molecule has 0 radical (unpaired) electrons. The van der Waals surface area contributed by atoms with Crippen LogP contribution < -0.4 is 4.74 Å². The van der Waals surface area contributed by atoms with Crippen molar-refractivity contribution in [1.29, 1.82) is 0 Å². The number of aryl methyl sites for hydroxylation is 1. The molecule has 2 atom stereocenters. The number of aromatic nitrogens is 2. The predicted octanol–water partition coefficient (Wildman–Crippen LogP) is 3.59. The number of amides is 1. The lowest BCUT2D eigenvalue weighted by Crippen LogP contribution is -2.47. The zero-order valence-corrected chi connectivity index (χ0v) is 16.3. The summed E-state index contributed by atoms with van der Waals surface area (Å²) in [6, 6.07) is 10.5. The summed E-state index contributed by atoms with van der Waals surface area (Å²) in [7, 11) is 3.51. The molecule has 0 saturated carbocycles. The van der Waals surface area contributed by atoms with Crippen molar-refractivity contribution < 1.29 is 9.53 Å². The van der Waals surface area contributed by atoms with Gasteiger partial charge < -0.3 is 9.64 Å². The Morgan fingerprint density at radius 2 is 1.96 bits per heavy atom. The zero-order valence-electron chi connectivity index (χ0n) is 15.5. The molecule has 2 aromatic rings. The second-order valence-electron chi connectivity index (χ2n) is 7.20. The number of nitrogens with zero attached hydrogens (tertiary/aromatic N) is 3. The van der Waals surface area contributed by atoms with E-state index in [1.807, 2.05) is 49.1 Å². The zero-order chi connectivity index (χ0) is 18.3. The van der Waals surface area contributed by atoms with Gasteiger partial charge in [-0.15, -0.1) is 0 Å². The summed E-state index contributed by atoms with van der Waals surface area (Å²) in [5.74, 6) is 0.916. The average molecular weight is 372 g/mol. The molecule has 2 aliphatic rings. The topological polar surface area (TPSA) is 47.4 Å². The van der Waals surface area contributed by atoms with Gasteiger partial charge in [0.05, 0.1) is 12.8 Å². The number of hydrogen-bond donors (Lipinski definition) is 0. The SMILES string of the molecule is COc1cccc(-c2cc(C(=O)N3C4CCC3CC(SC)C4)n(C)n2)c1. The number of methoxy groups -OCH3 is 1. The van der Waals surface area contributed by atoms with E-state index in [0.717, 1.165) is 42.7 Å². The fraction of sp³-hybridized carbons (Fsp3) is 0.500. The molecule has 0 spiro atoms.